The van der Waals surface area contributed by atoms with Gasteiger partial charge in [-0.1, -0.05) is 0 Å². The van der Waals surface area contributed by atoms with Crippen LogP contribution >= 0.6 is 0 Å². The zero-order valence-corrected chi connectivity index (χ0v) is 14.6. The normalized spacial score (nSPS) is 26.2. The molecule has 2 saturated heterocycles. The summed E-state index contributed by atoms with van der Waals surface area (Å²) < 4.78 is 29.6. The molecule has 0 spiro atoms. The first-order valence-corrected chi connectivity index (χ1v) is 9.70. The average molecular weight is 354 g/mol. The zero-order valence-electron chi connectivity index (χ0n) is 13.8. The molecule has 0 bridgehead atoms. The van der Waals surface area contributed by atoms with Gasteiger partial charge >= 0.3 is 0 Å². The minimum Gasteiger partial charge on any atom is -0.508 e. The number of benzene rings is 1. The molecule has 0 saturated carbocycles. The van der Waals surface area contributed by atoms with Crippen LogP contribution in [0.2, 0.25) is 0 Å². The number of hydrogen-bond donors (Lipinski definition) is 1. The van der Waals surface area contributed by atoms with E-state index in [0.717, 1.165) is 5.56 Å². The molecule has 0 aromatic heterocycles. The fourth-order valence-electron chi connectivity index (χ4n) is 3.72. The molecule has 1 amide bonds. The molecule has 1 aromatic carbocycles. The van der Waals surface area contributed by atoms with E-state index in [2.05, 4.69) is 4.90 Å². The van der Waals surface area contributed by atoms with Crippen LogP contribution in [-0.2, 0) is 21.2 Å². The zero-order chi connectivity index (χ0) is 17.5. The quantitative estimate of drug-likeness (QED) is 0.836. The molecule has 0 unspecified atom stereocenters. The molecule has 7 nitrogen and oxygen atoms in total. The molecule has 2 aliphatic rings. The minimum atomic E-state index is -3.16. The number of hydrogen-bond acceptors (Lipinski definition) is 6. The van der Waals surface area contributed by atoms with E-state index in [0.29, 0.717) is 25.4 Å². The lowest BCUT2D eigenvalue weighted by Gasteiger charge is -2.43. The van der Waals surface area contributed by atoms with E-state index in [1.54, 1.807) is 30.2 Å². The van der Waals surface area contributed by atoms with E-state index in [9.17, 15) is 18.3 Å². The van der Waals surface area contributed by atoms with Gasteiger partial charge in [-0.05, 0) is 18.2 Å². The molecule has 2 aliphatic heterocycles. The van der Waals surface area contributed by atoms with Crippen LogP contribution in [-0.4, -0.2) is 73.0 Å². The molecular formula is C16H22N2O5S. The molecule has 24 heavy (non-hydrogen) atoms. The molecule has 2 atom stereocenters. The van der Waals surface area contributed by atoms with E-state index >= 15 is 0 Å². The van der Waals surface area contributed by atoms with Gasteiger partial charge in [0.1, 0.15) is 11.5 Å². The lowest BCUT2D eigenvalue weighted by Crippen LogP contribution is -2.59. The van der Waals surface area contributed by atoms with Crippen LogP contribution in [0.1, 0.15) is 12.5 Å². The van der Waals surface area contributed by atoms with E-state index in [1.807, 2.05) is 0 Å². The Morgan fingerprint density at radius 2 is 2.00 bits per heavy atom. The summed E-state index contributed by atoms with van der Waals surface area (Å²) in [4.78, 5) is 15.6. The second-order valence-electron chi connectivity index (χ2n) is 6.39. The van der Waals surface area contributed by atoms with Crippen LogP contribution in [0.3, 0.4) is 0 Å². The molecule has 2 fully saturated rings. The summed E-state index contributed by atoms with van der Waals surface area (Å²) in [6.07, 6.45) is 0. The number of methoxy groups -OCH3 is 1. The number of rotatable bonds is 3. The van der Waals surface area contributed by atoms with Crippen molar-refractivity contribution in [2.45, 2.75) is 25.6 Å². The Hall–Kier alpha value is -1.80. The van der Waals surface area contributed by atoms with E-state index in [1.165, 1.54) is 6.92 Å². The molecule has 2 heterocycles. The predicted octanol–water partition coefficient (Wildman–Crippen LogP) is 0.231. The first-order valence-electron chi connectivity index (χ1n) is 7.88. The minimum absolute atomic E-state index is 0.0188. The summed E-state index contributed by atoms with van der Waals surface area (Å²) in [5, 5.41) is 9.73. The molecule has 1 aromatic rings. The molecule has 1 N–H and O–H groups in total. The number of nitrogens with zero attached hydrogens (tertiary/aromatic N) is 2. The Balaban J connectivity index is 1.87. The molecule has 0 aliphatic carbocycles. The SMILES string of the molecule is COc1ccc(O)cc1CN1CCN(C(C)=O)[C@H]2CS(=O)(=O)C[C@H]21. The van der Waals surface area contributed by atoms with Gasteiger partial charge in [-0.2, -0.15) is 0 Å². The van der Waals surface area contributed by atoms with Crippen LogP contribution in [0.4, 0.5) is 0 Å². The van der Waals surface area contributed by atoms with Gasteiger partial charge in [0.15, 0.2) is 9.84 Å². The van der Waals surface area contributed by atoms with Crippen molar-refractivity contribution in [2.75, 3.05) is 31.7 Å². The van der Waals surface area contributed by atoms with E-state index in [4.69, 9.17) is 4.74 Å². The summed E-state index contributed by atoms with van der Waals surface area (Å²) in [5.74, 6) is 0.785. The van der Waals surface area contributed by atoms with Gasteiger partial charge in [0.2, 0.25) is 5.91 Å². The van der Waals surface area contributed by atoms with Crippen LogP contribution in [0.5, 0.6) is 11.5 Å². The van der Waals surface area contributed by atoms with Gasteiger partial charge in [0, 0.05) is 38.2 Å². The number of carbonyl (C=O) groups excluding carboxylic acids is 1. The van der Waals surface area contributed by atoms with Crippen LogP contribution in [0.15, 0.2) is 18.2 Å². The van der Waals surface area contributed by atoms with Crippen molar-refractivity contribution < 1.29 is 23.1 Å². The third kappa shape index (κ3) is 3.21. The van der Waals surface area contributed by atoms with Crippen molar-refractivity contribution in [1.29, 1.82) is 0 Å². The van der Waals surface area contributed by atoms with Gasteiger partial charge in [-0.25, -0.2) is 8.42 Å². The number of sulfone groups is 1. The number of amides is 1. The highest BCUT2D eigenvalue weighted by molar-refractivity contribution is 7.91. The van der Waals surface area contributed by atoms with Gasteiger partial charge < -0.3 is 14.7 Å². The highest BCUT2D eigenvalue weighted by Gasteiger charge is 2.47. The second kappa shape index (κ2) is 6.25. The summed E-state index contributed by atoms with van der Waals surface area (Å²) in [6.45, 7) is 3.05. The molecule has 3 rings (SSSR count). The second-order valence-corrected chi connectivity index (χ2v) is 8.54. The summed E-state index contributed by atoms with van der Waals surface area (Å²) in [7, 11) is -1.60. The first-order chi connectivity index (χ1) is 11.3. The fraction of sp³-hybridized carbons (Fsp3) is 0.562. The Morgan fingerprint density at radius 3 is 2.67 bits per heavy atom. The number of carbonyl (C=O) groups is 1. The third-order valence-corrected chi connectivity index (χ3v) is 6.53. The number of phenolic OH excluding ortho intramolecular Hbond substituents is 1. The highest BCUT2D eigenvalue weighted by atomic mass is 32.2. The maximum absolute atomic E-state index is 12.1. The van der Waals surface area contributed by atoms with Crippen molar-refractivity contribution in [3.05, 3.63) is 23.8 Å². The maximum atomic E-state index is 12.1. The Morgan fingerprint density at radius 1 is 1.29 bits per heavy atom. The largest absolute Gasteiger partial charge is 0.508 e. The summed E-state index contributed by atoms with van der Waals surface area (Å²) >= 11 is 0. The lowest BCUT2D eigenvalue weighted by atomic mass is 10.0. The highest BCUT2D eigenvalue weighted by Crippen LogP contribution is 2.31. The van der Waals surface area contributed by atoms with Gasteiger partial charge in [0.25, 0.3) is 0 Å². The first kappa shape index (κ1) is 17.0. The van der Waals surface area contributed by atoms with Crippen molar-refractivity contribution in [3.63, 3.8) is 0 Å². The van der Waals surface area contributed by atoms with Crippen molar-refractivity contribution in [3.8, 4) is 11.5 Å². The molecule has 132 valence electrons. The Bertz CT molecular complexity index is 749. The lowest BCUT2D eigenvalue weighted by molar-refractivity contribution is -0.134. The Kier molecular flexibility index (Phi) is 4.44. The van der Waals surface area contributed by atoms with Crippen LogP contribution < -0.4 is 4.74 Å². The predicted molar refractivity (Wildman–Crippen MR) is 88.7 cm³/mol. The van der Waals surface area contributed by atoms with Gasteiger partial charge in [0.05, 0.1) is 24.7 Å². The van der Waals surface area contributed by atoms with E-state index < -0.39 is 9.84 Å². The molecule has 8 heteroatoms. The number of piperazine rings is 1. The smallest absolute Gasteiger partial charge is 0.219 e. The summed E-state index contributed by atoms with van der Waals surface area (Å²) in [5.41, 5.74) is 0.803. The third-order valence-electron chi connectivity index (χ3n) is 4.83. The number of fused-ring (bicyclic) bond motifs is 1. The maximum Gasteiger partial charge on any atom is 0.219 e. The van der Waals surface area contributed by atoms with Crippen molar-refractivity contribution in [1.82, 2.24) is 9.80 Å². The average Bonchev–Trinajstić information content (AvgIpc) is 2.82. The van der Waals surface area contributed by atoms with Gasteiger partial charge in [-0.3, -0.25) is 9.69 Å². The summed E-state index contributed by atoms with van der Waals surface area (Å²) in [6, 6.07) is 4.36. The number of ether oxygens (including phenoxy) is 1. The number of aromatic hydroxyl groups is 1. The number of phenols is 1. The fourth-order valence-corrected chi connectivity index (χ4v) is 5.73. The van der Waals surface area contributed by atoms with Crippen LogP contribution in [0.25, 0.3) is 0 Å². The van der Waals surface area contributed by atoms with Crippen molar-refractivity contribution >= 4 is 15.7 Å². The van der Waals surface area contributed by atoms with Gasteiger partial charge in [-0.15, -0.1) is 0 Å². The standard InChI is InChI=1S/C16H22N2O5S/c1-11(19)18-6-5-17(14-9-24(21,22)10-15(14)18)8-12-7-13(20)3-4-16(12)23-2/h3-4,7,14-15,20H,5-6,8-10H2,1-2H3/t14-,15+/m1/s1. The molecular weight excluding hydrogens is 332 g/mol. The Labute approximate surface area is 141 Å². The van der Waals surface area contributed by atoms with Crippen molar-refractivity contribution in [2.24, 2.45) is 0 Å². The van der Waals surface area contributed by atoms with Crippen LogP contribution in [0, 0.1) is 0 Å². The molecule has 0 radical (unpaired) electrons. The topological polar surface area (TPSA) is 87.2 Å². The monoisotopic (exact) mass is 354 g/mol. The van der Waals surface area contributed by atoms with E-state index in [-0.39, 0.29) is 35.2 Å².